The van der Waals surface area contributed by atoms with Crippen molar-refractivity contribution in [3.05, 3.63) is 29.3 Å². The third-order valence-corrected chi connectivity index (χ3v) is 5.14. The monoisotopic (exact) mass is 491 g/mol. The van der Waals surface area contributed by atoms with Crippen molar-refractivity contribution in [3.8, 4) is 5.75 Å². The maximum absolute atomic E-state index is 13.8. The number of halogens is 4. The molecule has 2 rings (SSSR count). The fraction of sp³-hybridized carbons (Fsp3) is 0.524. The van der Waals surface area contributed by atoms with E-state index in [4.69, 9.17) is 9.84 Å². The second-order valence-corrected chi connectivity index (χ2v) is 8.26. The van der Waals surface area contributed by atoms with Crippen molar-refractivity contribution < 1.29 is 46.6 Å². The summed E-state index contributed by atoms with van der Waals surface area (Å²) in [6, 6.07) is -2.65. The highest BCUT2D eigenvalue weighted by Crippen LogP contribution is 2.26. The van der Waals surface area contributed by atoms with Gasteiger partial charge in [-0.2, -0.15) is 8.78 Å². The standard InChI is InChI=1S/C21H25F4N3O6/c1-9(2)5-14(28-21(32)33)20(31)27-13(6-10-3-4-26-19(10)30)15(29)8-34-18-16(24)11(22)7-12(23)17(18)25/h7,9-10,13-14,28H,3-6,8H2,1-2H3,(H,26,30)(H,27,31)(H,32,33). The minimum absolute atomic E-state index is 0.0224. The van der Waals surface area contributed by atoms with Crippen LogP contribution >= 0.6 is 0 Å². The van der Waals surface area contributed by atoms with Crippen LogP contribution in [0.15, 0.2) is 6.07 Å². The number of hydrogen-bond donors (Lipinski definition) is 4. The van der Waals surface area contributed by atoms with E-state index in [-0.39, 0.29) is 30.7 Å². The average Bonchev–Trinajstić information content (AvgIpc) is 3.14. The molecule has 0 bridgehead atoms. The maximum Gasteiger partial charge on any atom is 0.405 e. The third kappa shape index (κ3) is 7.06. The smallest absolute Gasteiger partial charge is 0.405 e. The van der Waals surface area contributed by atoms with Gasteiger partial charge in [0.2, 0.25) is 23.4 Å². The van der Waals surface area contributed by atoms with Crippen LogP contribution in [0.5, 0.6) is 5.75 Å². The summed E-state index contributed by atoms with van der Waals surface area (Å²) < 4.78 is 59.1. The van der Waals surface area contributed by atoms with Gasteiger partial charge < -0.3 is 25.8 Å². The molecule has 4 N–H and O–H groups in total. The Balaban J connectivity index is 2.21. The van der Waals surface area contributed by atoms with Gasteiger partial charge in [0.15, 0.2) is 23.2 Å². The largest absolute Gasteiger partial charge is 0.479 e. The molecule has 3 atom stereocenters. The normalized spacial score (nSPS) is 17.1. The molecule has 0 aliphatic carbocycles. The van der Waals surface area contributed by atoms with E-state index >= 15 is 0 Å². The molecule has 1 fully saturated rings. The van der Waals surface area contributed by atoms with Crippen LogP contribution in [0.25, 0.3) is 0 Å². The SMILES string of the molecule is CC(C)CC(NC(=O)O)C(=O)NC(CC1CCNC1=O)C(=O)COc1c(F)c(F)cc(F)c1F. The topological polar surface area (TPSA) is 134 Å². The number of amides is 3. The lowest BCUT2D eigenvalue weighted by Gasteiger charge is -2.24. The summed E-state index contributed by atoms with van der Waals surface area (Å²) in [7, 11) is 0. The van der Waals surface area contributed by atoms with Crippen molar-refractivity contribution in [3.63, 3.8) is 0 Å². The molecule has 0 spiro atoms. The molecule has 0 radical (unpaired) electrons. The zero-order chi connectivity index (χ0) is 25.6. The second kappa shape index (κ2) is 11.7. The van der Waals surface area contributed by atoms with E-state index in [0.717, 1.165) is 0 Å². The van der Waals surface area contributed by atoms with Gasteiger partial charge in [-0.25, -0.2) is 13.6 Å². The predicted molar refractivity (Wildman–Crippen MR) is 109 cm³/mol. The van der Waals surface area contributed by atoms with Crippen molar-refractivity contribution in [2.24, 2.45) is 11.8 Å². The molecule has 3 amide bonds. The van der Waals surface area contributed by atoms with Crippen LogP contribution in [-0.2, 0) is 14.4 Å². The molecule has 1 aromatic rings. The predicted octanol–water partition coefficient (Wildman–Crippen LogP) is 1.88. The van der Waals surface area contributed by atoms with Crippen molar-refractivity contribution in [2.45, 2.75) is 45.2 Å². The minimum Gasteiger partial charge on any atom is -0.479 e. The molecule has 1 heterocycles. The molecular weight excluding hydrogens is 466 g/mol. The third-order valence-electron chi connectivity index (χ3n) is 5.14. The Kier molecular flexibility index (Phi) is 9.21. The minimum atomic E-state index is -1.84. The molecule has 0 saturated carbocycles. The van der Waals surface area contributed by atoms with Crippen LogP contribution in [0.2, 0.25) is 0 Å². The Labute approximate surface area is 192 Å². The summed E-state index contributed by atoms with van der Waals surface area (Å²) in [5.41, 5.74) is 0. The van der Waals surface area contributed by atoms with Crippen molar-refractivity contribution in [1.29, 1.82) is 0 Å². The first-order valence-corrected chi connectivity index (χ1v) is 10.5. The lowest BCUT2D eigenvalue weighted by molar-refractivity contribution is -0.131. The van der Waals surface area contributed by atoms with Gasteiger partial charge in [0, 0.05) is 18.5 Å². The van der Waals surface area contributed by atoms with Crippen LogP contribution in [0.1, 0.15) is 33.1 Å². The summed E-state index contributed by atoms with van der Waals surface area (Å²) in [4.78, 5) is 48.5. The van der Waals surface area contributed by atoms with E-state index in [1.165, 1.54) is 0 Å². The number of benzene rings is 1. The Hall–Kier alpha value is -3.38. The van der Waals surface area contributed by atoms with Crippen molar-refractivity contribution in [1.82, 2.24) is 16.0 Å². The number of Topliss-reactive ketones (excluding diaryl/α,β-unsaturated/α-hetero) is 1. The molecule has 0 aromatic heterocycles. The van der Waals surface area contributed by atoms with Gasteiger partial charge in [0.1, 0.15) is 12.6 Å². The Bertz CT molecular complexity index is 933. The van der Waals surface area contributed by atoms with Gasteiger partial charge in [-0.3, -0.25) is 14.4 Å². The zero-order valence-electron chi connectivity index (χ0n) is 18.4. The van der Waals surface area contributed by atoms with Crippen LogP contribution in [-0.4, -0.2) is 54.0 Å². The van der Waals surface area contributed by atoms with E-state index < -0.39 is 71.4 Å². The molecule has 9 nitrogen and oxygen atoms in total. The van der Waals surface area contributed by atoms with Gasteiger partial charge in [0.05, 0.1) is 6.04 Å². The van der Waals surface area contributed by atoms with E-state index in [0.29, 0.717) is 13.0 Å². The number of carbonyl (C=O) groups is 4. The lowest BCUT2D eigenvalue weighted by atomic mass is 9.95. The first kappa shape index (κ1) is 26.9. The van der Waals surface area contributed by atoms with Gasteiger partial charge in [-0.05, 0) is 25.2 Å². The van der Waals surface area contributed by atoms with Crippen molar-refractivity contribution in [2.75, 3.05) is 13.2 Å². The zero-order valence-corrected chi connectivity index (χ0v) is 18.4. The van der Waals surface area contributed by atoms with Gasteiger partial charge in [-0.15, -0.1) is 0 Å². The first-order chi connectivity index (χ1) is 15.9. The molecule has 1 aliphatic rings. The fourth-order valence-electron chi connectivity index (χ4n) is 3.47. The van der Waals surface area contributed by atoms with Crippen molar-refractivity contribution >= 4 is 23.7 Å². The molecule has 1 saturated heterocycles. The van der Waals surface area contributed by atoms with E-state index in [1.807, 2.05) is 5.32 Å². The van der Waals surface area contributed by atoms with E-state index in [9.17, 15) is 36.7 Å². The van der Waals surface area contributed by atoms with E-state index in [2.05, 4.69) is 10.6 Å². The molecule has 13 heteroatoms. The maximum atomic E-state index is 13.8. The van der Waals surface area contributed by atoms with Gasteiger partial charge in [0.25, 0.3) is 0 Å². The van der Waals surface area contributed by atoms with Gasteiger partial charge >= 0.3 is 6.09 Å². The number of carboxylic acid groups (broad SMARTS) is 1. The highest BCUT2D eigenvalue weighted by Gasteiger charge is 2.34. The summed E-state index contributed by atoms with van der Waals surface area (Å²) in [6.45, 7) is 2.73. The highest BCUT2D eigenvalue weighted by molar-refractivity contribution is 5.93. The summed E-state index contributed by atoms with van der Waals surface area (Å²) >= 11 is 0. The second-order valence-electron chi connectivity index (χ2n) is 8.26. The number of rotatable bonds is 11. The molecule has 1 aromatic carbocycles. The number of ether oxygens (including phenoxy) is 1. The molecule has 34 heavy (non-hydrogen) atoms. The summed E-state index contributed by atoms with van der Waals surface area (Å²) in [5, 5.41) is 16.0. The highest BCUT2D eigenvalue weighted by atomic mass is 19.2. The van der Waals surface area contributed by atoms with E-state index in [1.54, 1.807) is 13.8 Å². The molecular formula is C21H25F4N3O6. The van der Waals surface area contributed by atoms with Crippen LogP contribution in [0.3, 0.4) is 0 Å². The number of ketones is 1. The Morgan fingerprint density at radius 1 is 1.12 bits per heavy atom. The molecule has 188 valence electrons. The first-order valence-electron chi connectivity index (χ1n) is 10.5. The van der Waals surface area contributed by atoms with Crippen LogP contribution in [0.4, 0.5) is 22.4 Å². The number of nitrogens with one attached hydrogen (secondary N) is 3. The molecule has 3 unspecified atom stereocenters. The molecule has 1 aliphatic heterocycles. The Morgan fingerprint density at radius 3 is 2.24 bits per heavy atom. The number of hydrogen-bond acceptors (Lipinski definition) is 5. The summed E-state index contributed by atoms with van der Waals surface area (Å²) in [6.07, 6.45) is -1.23. The average molecular weight is 491 g/mol. The van der Waals surface area contributed by atoms with Crippen LogP contribution < -0.4 is 20.7 Å². The van der Waals surface area contributed by atoms with Gasteiger partial charge in [-0.1, -0.05) is 13.8 Å². The fourth-order valence-corrected chi connectivity index (χ4v) is 3.47. The lowest BCUT2D eigenvalue weighted by Crippen LogP contribution is -2.53. The summed E-state index contributed by atoms with van der Waals surface area (Å²) in [5.74, 6) is -11.6. The van der Waals surface area contributed by atoms with Crippen LogP contribution in [0, 0.1) is 35.1 Å². The Morgan fingerprint density at radius 2 is 1.74 bits per heavy atom. The number of carbonyl (C=O) groups excluding carboxylic acids is 3. The quantitative estimate of drug-likeness (QED) is 0.276.